The number of hydrogen-bond donors (Lipinski definition) is 1. The SMILES string of the molecule is C=C1/C=C\C=C/COc2cccc(C(=N)/C=C\C(=C)c3c4ccccc4c(-c4ccc(-c5ccccc5)cc4)c4ccccc34)c21. The molecule has 0 saturated carbocycles. The Morgan fingerprint density at radius 1 is 0.609 bits per heavy atom. The van der Waals surface area contributed by atoms with Gasteiger partial charge in [-0.25, -0.2) is 0 Å². The van der Waals surface area contributed by atoms with Gasteiger partial charge in [-0.3, -0.25) is 0 Å². The maximum atomic E-state index is 9.08. The molecule has 2 heteroatoms. The van der Waals surface area contributed by atoms with E-state index in [1.54, 1.807) is 0 Å². The van der Waals surface area contributed by atoms with Gasteiger partial charge in [0.25, 0.3) is 0 Å². The molecule has 0 saturated heterocycles. The first-order valence-corrected chi connectivity index (χ1v) is 15.4. The molecule has 6 aromatic rings. The Kier molecular flexibility index (Phi) is 7.85. The molecule has 2 nitrogen and oxygen atoms in total. The highest BCUT2D eigenvalue weighted by Gasteiger charge is 2.17. The van der Waals surface area contributed by atoms with Gasteiger partial charge < -0.3 is 10.1 Å². The highest BCUT2D eigenvalue weighted by atomic mass is 16.5. The maximum absolute atomic E-state index is 9.08. The van der Waals surface area contributed by atoms with Gasteiger partial charge in [-0.1, -0.05) is 153 Å². The molecule has 1 aliphatic rings. The summed E-state index contributed by atoms with van der Waals surface area (Å²) in [4.78, 5) is 0. The molecule has 1 aliphatic heterocycles. The Bertz CT molecular complexity index is 2170. The first-order valence-electron chi connectivity index (χ1n) is 15.4. The molecule has 6 aromatic carbocycles. The molecule has 0 aliphatic carbocycles. The second-order valence-corrected chi connectivity index (χ2v) is 11.4. The van der Waals surface area contributed by atoms with E-state index in [1.807, 2.05) is 60.7 Å². The van der Waals surface area contributed by atoms with Crippen LogP contribution in [0.15, 0.2) is 171 Å². The van der Waals surface area contributed by atoms with Crippen LogP contribution in [0.5, 0.6) is 5.75 Å². The molecule has 0 fully saturated rings. The lowest BCUT2D eigenvalue weighted by Crippen LogP contribution is -2.04. The Balaban J connectivity index is 1.30. The molecule has 0 aromatic heterocycles. The van der Waals surface area contributed by atoms with Crippen LogP contribution in [0.3, 0.4) is 0 Å². The van der Waals surface area contributed by atoms with Crippen LogP contribution in [0, 0.1) is 5.41 Å². The highest BCUT2D eigenvalue weighted by Crippen LogP contribution is 2.42. The van der Waals surface area contributed by atoms with Gasteiger partial charge in [0.1, 0.15) is 12.4 Å². The fourth-order valence-corrected chi connectivity index (χ4v) is 6.34. The summed E-state index contributed by atoms with van der Waals surface area (Å²) in [6.07, 6.45) is 11.6. The van der Waals surface area contributed by atoms with Gasteiger partial charge in [-0.2, -0.15) is 0 Å². The molecule has 0 spiro atoms. The van der Waals surface area contributed by atoms with E-state index in [1.165, 1.54) is 33.0 Å². The zero-order valence-electron chi connectivity index (χ0n) is 25.5. The summed E-state index contributed by atoms with van der Waals surface area (Å²) in [6, 6.07) is 42.2. The number of rotatable bonds is 6. The third-order valence-corrected chi connectivity index (χ3v) is 8.50. The topological polar surface area (TPSA) is 33.1 Å². The number of nitrogens with one attached hydrogen (secondary N) is 1. The van der Waals surface area contributed by atoms with Crippen LogP contribution in [0.4, 0.5) is 0 Å². The zero-order chi connectivity index (χ0) is 31.5. The third-order valence-electron chi connectivity index (χ3n) is 8.50. The molecular formula is C44H33NO. The van der Waals surface area contributed by atoms with Crippen molar-refractivity contribution in [3.05, 3.63) is 188 Å². The highest BCUT2D eigenvalue weighted by molar-refractivity contribution is 6.20. The zero-order valence-corrected chi connectivity index (χ0v) is 25.5. The van der Waals surface area contributed by atoms with Crippen LogP contribution >= 0.6 is 0 Å². The number of benzene rings is 6. The van der Waals surface area contributed by atoms with E-state index in [4.69, 9.17) is 10.1 Å². The fourth-order valence-electron chi connectivity index (χ4n) is 6.34. The number of ether oxygens (including phenoxy) is 1. The monoisotopic (exact) mass is 591 g/mol. The minimum atomic E-state index is 0.368. The molecule has 1 heterocycles. The van der Waals surface area contributed by atoms with Gasteiger partial charge in [-0.05, 0) is 78.7 Å². The average molecular weight is 592 g/mol. The molecule has 0 amide bonds. The van der Waals surface area contributed by atoms with Crippen LogP contribution in [-0.2, 0) is 0 Å². The van der Waals surface area contributed by atoms with Crippen LogP contribution < -0.4 is 4.74 Å². The molecular weight excluding hydrogens is 558 g/mol. The quantitative estimate of drug-likeness (QED) is 0.117. The number of allylic oxidation sites excluding steroid dienone is 7. The second kappa shape index (κ2) is 12.6. The average Bonchev–Trinajstić information content (AvgIpc) is 3.20. The predicted octanol–water partition coefficient (Wildman–Crippen LogP) is 11.5. The minimum Gasteiger partial charge on any atom is -0.489 e. The van der Waals surface area contributed by atoms with Crippen molar-refractivity contribution in [2.45, 2.75) is 0 Å². The maximum Gasteiger partial charge on any atom is 0.128 e. The first-order chi connectivity index (χ1) is 22.6. The summed E-state index contributed by atoms with van der Waals surface area (Å²) < 4.78 is 6.01. The van der Waals surface area contributed by atoms with Crippen molar-refractivity contribution in [2.75, 3.05) is 6.61 Å². The van der Waals surface area contributed by atoms with E-state index >= 15 is 0 Å². The van der Waals surface area contributed by atoms with Crippen LogP contribution in [0.2, 0.25) is 0 Å². The molecule has 46 heavy (non-hydrogen) atoms. The van der Waals surface area contributed by atoms with Crippen molar-refractivity contribution in [1.29, 1.82) is 5.41 Å². The van der Waals surface area contributed by atoms with E-state index in [0.717, 1.165) is 44.4 Å². The second-order valence-electron chi connectivity index (χ2n) is 11.4. The van der Waals surface area contributed by atoms with E-state index in [0.29, 0.717) is 12.3 Å². The van der Waals surface area contributed by atoms with E-state index in [9.17, 15) is 0 Å². The summed E-state index contributed by atoms with van der Waals surface area (Å²) in [7, 11) is 0. The van der Waals surface area contributed by atoms with Crippen LogP contribution in [0.25, 0.3) is 54.9 Å². The van der Waals surface area contributed by atoms with Crippen molar-refractivity contribution in [2.24, 2.45) is 0 Å². The van der Waals surface area contributed by atoms with Crippen LogP contribution in [-0.4, -0.2) is 12.3 Å². The number of fused-ring (bicyclic) bond motifs is 3. The third kappa shape index (κ3) is 5.42. The Hall–Kier alpha value is -5.99. The predicted molar refractivity (Wildman–Crippen MR) is 197 cm³/mol. The lowest BCUT2D eigenvalue weighted by molar-refractivity contribution is 0.362. The number of hydrogen-bond acceptors (Lipinski definition) is 2. The lowest BCUT2D eigenvalue weighted by atomic mass is 9.85. The normalized spacial score (nSPS) is 14.2. The smallest absolute Gasteiger partial charge is 0.128 e. The minimum absolute atomic E-state index is 0.368. The molecule has 0 atom stereocenters. The summed E-state index contributed by atoms with van der Waals surface area (Å²) in [5, 5.41) is 13.7. The summed E-state index contributed by atoms with van der Waals surface area (Å²) in [6.45, 7) is 9.26. The molecule has 0 radical (unpaired) electrons. The van der Waals surface area contributed by atoms with Crippen LogP contribution in [0.1, 0.15) is 16.7 Å². The molecule has 1 N–H and O–H groups in total. The summed E-state index contributed by atoms with van der Waals surface area (Å²) >= 11 is 0. The van der Waals surface area contributed by atoms with E-state index < -0.39 is 0 Å². The van der Waals surface area contributed by atoms with Gasteiger partial charge in [0.2, 0.25) is 0 Å². The molecule has 7 rings (SSSR count). The Morgan fingerprint density at radius 3 is 1.91 bits per heavy atom. The summed E-state index contributed by atoms with van der Waals surface area (Å²) in [5.41, 5.74) is 9.47. The van der Waals surface area contributed by atoms with Gasteiger partial charge >= 0.3 is 0 Å². The van der Waals surface area contributed by atoms with Crippen molar-refractivity contribution in [1.82, 2.24) is 0 Å². The Labute approximate surface area is 270 Å². The van der Waals surface area contributed by atoms with E-state index in [-0.39, 0.29) is 0 Å². The van der Waals surface area contributed by atoms with Gasteiger partial charge in [0, 0.05) is 11.1 Å². The fraction of sp³-hybridized carbons (Fsp3) is 0.0227. The van der Waals surface area contributed by atoms with Crippen molar-refractivity contribution >= 4 is 38.4 Å². The summed E-state index contributed by atoms with van der Waals surface area (Å²) in [5.74, 6) is 0.722. The Morgan fingerprint density at radius 2 is 1.22 bits per heavy atom. The standard InChI is InChI=1S/C44H33NO/c1-30-14-5-4-12-29-46-41-22-13-21-39(43(30)41)40(45)28-23-31(2)42-35-17-8-10-19-37(35)44(38-20-11-9-18-36(38)42)34-26-24-33(25-27-34)32-15-6-3-7-16-32/h3-28,45H,1-2,29H2/b12-4-,14-5-,28-23-,45-40?. The van der Waals surface area contributed by atoms with E-state index in [2.05, 4.69) is 110 Å². The molecule has 0 unspecified atom stereocenters. The lowest BCUT2D eigenvalue weighted by Gasteiger charge is -2.18. The molecule has 220 valence electrons. The van der Waals surface area contributed by atoms with Crippen molar-refractivity contribution in [3.8, 4) is 28.0 Å². The van der Waals surface area contributed by atoms with Crippen molar-refractivity contribution < 1.29 is 4.74 Å². The van der Waals surface area contributed by atoms with Crippen molar-refractivity contribution in [3.63, 3.8) is 0 Å². The van der Waals surface area contributed by atoms with Gasteiger partial charge in [0.05, 0.1) is 5.71 Å². The first kappa shape index (κ1) is 28.8. The van der Waals surface area contributed by atoms with Gasteiger partial charge in [0.15, 0.2) is 0 Å². The largest absolute Gasteiger partial charge is 0.489 e. The van der Waals surface area contributed by atoms with Gasteiger partial charge in [-0.15, -0.1) is 0 Å². The molecule has 0 bridgehead atoms.